The average molecular weight is 300 g/mol. The smallest absolute Gasteiger partial charge is 0.314 e. The second-order valence-corrected chi connectivity index (χ2v) is 5.74. The van der Waals surface area contributed by atoms with E-state index in [0.29, 0.717) is 5.92 Å². The maximum Gasteiger partial charge on any atom is 0.416 e. The lowest BCUT2D eigenvalue weighted by Gasteiger charge is -2.38. The molecule has 2 rings (SSSR count). The van der Waals surface area contributed by atoms with Crippen LogP contribution in [0.1, 0.15) is 37.4 Å². The Labute approximate surface area is 124 Å². The van der Waals surface area contributed by atoms with E-state index >= 15 is 0 Å². The summed E-state index contributed by atoms with van der Waals surface area (Å²) >= 11 is 0. The lowest BCUT2D eigenvalue weighted by atomic mass is 9.90. The van der Waals surface area contributed by atoms with Gasteiger partial charge in [-0.1, -0.05) is 32.4 Å². The molecule has 118 valence electrons. The van der Waals surface area contributed by atoms with Crippen molar-refractivity contribution in [1.29, 1.82) is 0 Å². The minimum absolute atomic E-state index is 0.194. The van der Waals surface area contributed by atoms with E-state index in [1.54, 1.807) is 12.1 Å². The van der Waals surface area contributed by atoms with E-state index < -0.39 is 11.7 Å². The number of piperazine rings is 1. The zero-order chi connectivity index (χ0) is 15.5. The molecular weight excluding hydrogens is 277 g/mol. The number of nitrogens with zero attached hydrogens (tertiary/aromatic N) is 1. The third kappa shape index (κ3) is 3.98. The van der Waals surface area contributed by atoms with Gasteiger partial charge in [-0.05, 0) is 23.6 Å². The van der Waals surface area contributed by atoms with E-state index in [1.165, 1.54) is 12.1 Å². The molecule has 1 N–H and O–H groups in total. The highest BCUT2D eigenvalue weighted by Crippen LogP contribution is 2.34. The first kappa shape index (κ1) is 16.3. The van der Waals surface area contributed by atoms with Gasteiger partial charge >= 0.3 is 6.18 Å². The number of benzene rings is 1. The molecule has 1 unspecified atom stereocenters. The summed E-state index contributed by atoms with van der Waals surface area (Å²) in [5, 5.41) is 3.32. The topological polar surface area (TPSA) is 15.3 Å². The van der Waals surface area contributed by atoms with E-state index in [4.69, 9.17) is 0 Å². The third-order valence-electron chi connectivity index (χ3n) is 4.31. The Morgan fingerprint density at radius 1 is 1.14 bits per heavy atom. The predicted molar refractivity (Wildman–Crippen MR) is 78.1 cm³/mol. The van der Waals surface area contributed by atoms with Gasteiger partial charge in [0.25, 0.3) is 0 Å². The van der Waals surface area contributed by atoms with Crippen LogP contribution in [-0.4, -0.2) is 31.1 Å². The standard InChI is InChI=1S/C16H23F3N2/c1-3-12(2)15(21-10-8-20-9-11-21)13-4-6-14(7-5-13)16(17,18)19/h4-7,12,15,20H,3,8-11H2,1-2H3/t12?,15-/m0/s1. The molecule has 1 heterocycles. The Morgan fingerprint density at radius 3 is 2.19 bits per heavy atom. The number of nitrogens with one attached hydrogen (secondary N) is 1. The number of rotatable bonds is 4. The van der Waals surface area contributed by atoms with Crippen LogP contribution in [0, 0.1) is 5.92 Å². The van der Waals surface area contributed by atoms with Gasteiger partial charge < -0.3 is 5.32 Å². The van der Waals surface area contributed by atoms with Crippen LogP contribution in [0.5, 0.6) is 0 Å². The SMILES string of the molecule is CCC(C)[C@@H](c1ccc(C(F)(F)F)cc1)N1CCNCC1. The van der Waals surface area contributed by atoms with Crippen LogP contribution in [0.25, 0.3) is 0 Å². The van der Waals surface area contributed by atoms with Crippen molar-refractivity contribution in [2.75, 3.05) is 26.2 Å². The van der Waals surface area contributed by atoms with Crippen LogP contribution in [0.4, 0.5) is 13.2 Å². The van der Waals surface area contributed by atoms with E-state index in [2.05, 4.69) is 24.1 Å². The van der Waals surface area contributed by atoms with Crippen LogP contribution in [0.2, 0.25) is 0 Å². The Balaban J connectivity index is 2.24. The first-order valence-electron chi connectivity index (χ1n) is 7.55. The Morgan fingerprint density at radius 2 is 1.71 bits per heavy atom. The summed E-state index contributed by atoms with van der Waals surface area (Å²) < 4.78 is 38.0. The monoisotopic (exact) mass is 300 g/mol. The molecule has 0 aliphatic carbocycles. The molecule has 0 amide bonds. The van der Waals surface area contributed by atoms with Crippen molar-refractivity contribution in [3.63, 3.8) is 0 Å². The molecular formula is C16H23F3N2. The van der Waals surface area contributed by atoms with Crippen molar-refractivity contribution in [2.24, 2.45) is 5.92 Å². The minimum atomic E-state index is -4.26. The van der Waals surface area contributed by atoms with Gasteiger partial charge in [-0.25, -0.2) is 0 Å². The van der Waals surface area contributed by atoms with E-state index in [9.17, 15) is 13.2 Å². The molecule has 1 aromatic carbocycles. The molecule has 1 aromatic rings. The highest BCUT2D eigenvalue weighted by molar-refractivity contribution is 5.27. The van der Waals surface area contributed by atoms with Crippen LogP contribution in [0.3, 0.4) is 0 Å². The Bertz CT molecular complexity index is 436. The molecule has 1 aliphatic heterocycles. The highest BCUT2D eigenvalue weighted by atomic mass is 19.4. The normalized spacial score (nSPS) is 20.2. The van der Waals surface area contributed by atoms with Crippen LogP contribution in [-0.2, 0) is 6.18 Å². The van der Waals surface area contributed by atoms with E-state index in [-0.39, 0.29) is 6.04 Å². The lowest BCUT2D eigenvalue weighted by molar-refractivity contribution is -0.137. The molecule has 5 heteroatoms. The molecule has 1 saturated heterocycles. The molecule has 0 spiro atoms. The maximum absolute atomic E-state index is 12.7. The Hall–Kier alpha value is -1.07. The van der Waals surface area contributed by atoms with Crippen molar-refractivity contribution in [3.05, 3.63) is 35.4 Å². The van der Waals surface area contributed by atoms with Gasteiger partial charge in [0, 0.05) is 32.2 Å². The number of alkyl halides is 3. The van der Waals surface area contributed by atoms with E-state index in [1.807, 2.05) is 0 Å². The molecule has 0 saturated carbocycles. The van der Waals surface area contributed by atoms with Crippen molar-refractivity contribution >= 4 is 0 Å². The summed E-state index contributed by atoms with van der Waals surface area (Å²) in [6.07, 6.45) is -3.25. The zero-order valence-corrected chi connectivity index (χ0v) is 12.6. The van der Waals surface area contributed by atoms with Gasteiger partial charge in [0.2, 0.25) is 0 Å². The fraction of sp³-hybridized carbons (Fsp3) is 0.625. The predicted octanol–water partition coefficient (Wildman–Crippen LogP) is 3.70. The largest absolute Gasteiger partial charge is 0.416 e. The summed E-state index contributed by atoms with van der Waals surface area (Å²) in [5.41, 5.74) is 0.411. The zero-order valence-electron chi connectivity index (χ0n) is 12.6. The summed E-state index contributed by atoms with van der Waals surface area (Å²) in [6.45, 7) is 8.06. The number of halogens is 3. The van der Waals surface area contributed by atoms with Crippen molar-refractivity contribution in [3.8, 4) is 0 Å². The minimum Gasteiger partial charge on any atom is -0.314 e. The van der Waals surface area contributed by atoms with Gasteiger partial charge in [0.15, 0.2) is 0 Å². The van der Waals surface area contributed by atoms with Crippen molar-refractivity contribution in [2.45, 2.75) is 32.5 Å². The first-order valence-corrected chi connectivity index (χ1v) is 7.55. The molecule has 0 bridgehead atoms. The fourth-order valence-electron chi connectivity index (χ4n) is 2.95. The van der Waals surface area contributed by atoms with Crippen molar-refractivity contribution < 1.29 is 13.2 Å². The van der Waals surface area contributed by atoms with Gasteiger partial charge in [-0.3, -0.25) is 4.90 Å². The fourth-order valence-corrected chi connectivity index (χ4v) is 2.95. The third-order valence-corrected chi connectivity index (χ3v) is 4.31. The second kappa shape index (κ2) is 6.79. The molecule has 0 radical (unpaired) electrons. The number of hydrogen-bond donors (Lipinski definition) is 1. The van der Waals surface area contributed by atoms with Crippen molar-refractivity contribution in [1.82, 2.24) is 10.2 Å². The molecule has 1 aliphatic rings. The highest BCUT2D eigenvalue weighted by Gasteiger charge is 2.31. The molecule has 2 nitrogen and oxygen atoms in total. The first-order chi connectivity index (χ1) is 9.93. The summed E-state index contributed by atoms with van der Waals surface area (Å²) in [6, 6.07) is 5.88. The molecule has 21 heavy (non-hydrogen) atoms. The quantitative estimate of drug-likeness (QED) is 0.912. The van der Waals surface area contributed by atoms with Gasteiger partial charge in [-0.2, -0.15) is 13.2 Å². The lowest BCUT2D eigenvalue weighted by Crippen LogP contribution is -2.46. The number of hydrogen-bond acceptors (Lipinski definition) is 2. The van der Waals surface area contributed by atoms with Gasteiger partial charge in [0.05, 0.1) is 5.56 Å². The summed E-state index contributed by atoms with van der Waals surface area (Å²) in [4.78, 5) is 2.38. The van der Waals surface area contributed by atoms with E-state index in [0.717, 1.165) is 38.2 Å². The molecule has 1 fully saturated rings. The summed E-state index contributed by atoms with van der Waals surface area (Å²) in [7, 11) is 0. The average Bonchev–Trinajstić information content (AvgIpc) is 2.48. The van der Waals surface area contributed by atoms with Gasteiger partial charge in [0.1, 0.15) is 0 Å². The van der Waals surface area contributed by atoms with Crippen LogP contribution in [0.15, 0.2) is 24.3 Å². The maximum atomic E-state index is 12.7. The molecule has 0 aromatic heterocycles. The molecule has 2 atom stereocenters. The van der Waals surface area contributed by atoms with Gasteiger partial charge in [-0.15, -0.1) is 0 Å². The van der Waals surface area contributed by atoms with Crippen LogP contribution >= 0.6 is 0 Å². The Kier molecular flexibility index (Phi) is 5.27. The summed E-state index contributed by atoms with van der Waals surface area (Å²) in [5.74, 6) is 0.417. The second-order valence-electron chi connectivity index (χ2n) is 5.74. The van der Waals surface area contributed by atoms with Crippen LogP contribution < -0.4 is 5.32 Å².